The SMILES string of the molecule is N#Cc1cc(Cl)cc(Oc2c(Cl)ccc(Cc3nnc(-c4ccccc4)o3)c2F)c1. The molecular formula is C22H12Cl2FN3O2. The molecule has 0 unspecified atom stereocenters. The average molecular weight is 440 g/mol. The third-order valence-electron chi connectivity index (χ3n) is 4.18. The number of hydrogen-bond donors (Lipinski definition) is 0. The predicted molar refractivity (Wildman–Crippen MR) is 110 cm³/mol. The van der Waals surface area contributed by atoms with Gasteiger partial charge in [0.2, 0.25) is 11.8 Å². The van der Waals surface area contributed by atoms with Gasteiger partial charge in [0.1, 0.15) is 5.75 Å². The summed E-state index contributed by atoms with van der Waals surface area (Å²) in [4.78, 5) is 0. The van der Waals surface area contributed by atoms with E-state index in [1.165, 1.54) is 30.3 Å². The molecule has 0 spiro atoms. The molecule has 0 atom stereocenters. The van der Waals surface area contributed by atoms with Gasteiger partial charge in [0.25, 0.3) is 0 Å². The zero-order chi connectivity index (χ0) is 21.1. The van der Waals surface area contributed by atoms with E-state index in [0.717, 1.165) is 5.56 Å². The average Bonchev–Trinajstić information content (AvgIpc) is 3.22. The van der Waals surface area contributed by atoms with Crippen LogP contribution in [-0.2, 0) is 6.42 Å². The maximum Gasteiger partial charge on any atom is 0.247 e. The van der Waals surface area contributed by atoms with Crippen molar-refractivity contribution in [3.63, 3.8) is 0 Å². The fourth-order valence-electron chi connectivity index (χ4n) is 2.79. The van der Waals surface area contributed by atoms with E-state index in [2.05, 4.69) is 10.2 Å². The summed E-state index contributed by atoms with van der Waals surface area (Å²) in [6.07, 6.45) is 0.0538. The molecule has 0 radical (unpaired) electrons. The minimum Gasteiger partial charge on any atom is -0.453 e. The molecule has 4 aromatic rings. The smallest absolute Gasteiger partial charge is 0.247 e. The molecule has 1 heterocycles. The van der Waals surface area contributed by atoms with Crippen molar-refractivity contribution in [1.82, 2.24) is 10.2 Å². The summed E-state index contributed by atoms with van der Waals surface area (Å²) in [5.41, 5.74) is 1.32. The molecule has 5 nitrogen and oxygen atoms in total. The highest BCUT2D eigenvalue weighted by atomic mass is 35.5. The quantitative estimate of drug-likeness (QED) is 0.357. The van der Waals surface area contributed by atoms with Gasteiger partial charge in [-0.2, -0.15) is 5.26 Å². The Morgan fingerprint density at radius 2 is 1.83 bits per heavy atom. The molecule has 148 valence electrons. The maximum absolute atomic E-state index is 15.1. The summed E-state index contributed by atoms with van der Waals surface area (Å²) >= 11 is 12.1. The lowest BCUT2D eigenvalue weighted by Crippen LogP contribution is -1.98. The summed E-state index contributed by atoms with van der Waals surface area (Å²) in [6, 6.07) is 18.7. The van der Waals surface area contributed by atoms with Crippen LogP contribution >= 0.6 is 23.2 Å². The van der Waals surface area contributed by atoms with E-state index < -0.39 is 5.82 Å². The molecule has 0 aliphatic carbocycles. The van der Waals surface area contributed by atoms with Gasteiger partial charge >= 0.3 is 0 Å². The Balaban J connectivity index is 1.61. The molecule has 1 aromatic heterocycles. The highest BCUT2D eigenvalue weighted by Gasteiger charge is 2.18. The second-order valence-electron chi connectivity index (χ2n) is 6.28. The molecule has 30 heavy (non-hydrogen) atoms. The molecular weight excluding hydrogens is 428 g/mol. The molecule has 8 heteroatoms. The topological polar surface area (TPSA) is 71.9 Å². The Hall–Kier alpha value is -3.40. The number of ether oxygens (including phenoxy) is 1. The van der Waals surface area contributed by atoms with Gasteiger partial charge in [-0.05, 0) is 36.4 Å². The fraction of sp³-hybridized carbons (Fsp3) is 0.0455. The first-order chi connectivity index (χ1) is 14.5. The maximum atomic E-state index is 15.1. The van der Waals surface area contributed by atoms with Crippen molar-refractivity contribution in [3.05, 3.63) is 93.5 Å². The van der Waals surface area contributed by atoms with Crippen LogP contribution in [0.1, 0.15) is 17.0 Å². The predicted octanol–water partition coefficient (Wildman–Crippen LogP) is 6.44. The second-order valence-corrected chi connectivity index (χ2v) is 7.13. The first-order valence-corrected chi connectivity index (χ1v) is 9.52. The van der Waals surface area contributed by atoms with Gasteiger partial charge in [-0.15, -0.1) is 10.2 Å². The summed E-state index contributed by atoms with van der Waals surface area (Å²) in [7, 11) is 0. The van der Waals surface area contributed by atoms with Gasteiger partial charge in [-0.1, -0.05) is 47.5 Å². The zero-order valence-electron chi connectivity index (χ0n) is 15.3. The van der Waals surface area contributed by atoms with Crippen LogP contribution in [0.2, 0.25) is 10.0 Å². The lowest BCUT2D eigenvalue weighted by Gasteiger charge is -2.11. The summed E-state index contributed by atoms with van der Waals surface area (Å²) in [5, 5.41) is 17.4. The second kappa shape index (κ2) is 8.54. The molecule has 0 N–H and O–H groups in total. The van der Waals surface area contributed by atoms with E-state index in [1.807, 2.05) is 36.4 Å². The van der Waals surface area contributed by atoms with Crippen LogP contribution in [0.15, 0.2) is 65.1 Å². The molecule has 0 fully saturated rings. The number of halogens is 3. The molecule has 3 aromatic carbocycles. The molecule has 0 aliphatic rings. The van der Waals surface area contributed by atoms with Crippen LogP contribution in [0.5, 0.6) is 11.5 Å². The molecule has 0 bridgehead atoms. The summed E-state index contributed by atoms with van der Waals surface area (Å²) < 4.78 is 26.4. The summed E-state index contributed by atoms with van der Waals surface area (Å²) in [6.45, 7) is 0. The molecule has 0 saturated carbocycles. The van der Waals surface area contributed by atoms with Crippen LogP contribution in [0, 0.1) is 17.1 Å². The summed E-state index contributed by atoms with van der Waals surface area (Å²) in [5.74, 6) is -0.0559. The van der Waals surface area contributed by atoms with Crippen molar-refractivity contribution in [2.24, 2.45) is 0 Å². The monoisotopic (exact) mass is 439 g/mol. The van der Waals surface area contributed by atoms with E-state index in [4.69, 9.17) is 37.6 Å². The van der Waals surface area contributed by atoms with E-state index in [-0.39, 0.29) is 45.0 Å². The van der Waals surface area contributed by atoms with Crippen molar-refractivity contribution in [3.8, 4) is 29.0 Å². The van der Waals surface area contributed by atoms with Crippen LogP contribution in [0.25, 0.3) is 11.5 Å². The number of hydrogen-bond acceptors (Lipinski definition) is 5. The highest BCUT2D eigenvalue weighted by Crippen LogP contribution is 2.36. The minimum absolute atomic E-state index is 0.0538. The molecule has 0 aliphatic heterocycles. The third-order valence-corrected chi connectivity index (χ3v) is 4.69. The number of nitrogens with zero attached hydrogens (tertiary/aromatic N) is 3. The third kappa shape index (κ3) is 4.28. The molecule has 0 amide bonds. The number of nitriles is 1. The zero-order valence-corrected chi connectivity index (χ0v) is 16.8. The Morgan fingerprint density at radius 1 is 1.03 bits per heavy atom. The van der Waals surface area contributed by atoms with Gasteiger partial charge in [0, 0.05) is 16.1 Å². The lowest BCUT2D eigenvalue weighted by atomic mass is 10.1. The number of aromatic nitrogens is 2. The first-order valence-electron chi connectivity index (χ1n) is 8.76. The Bertz CT molecular complexity index is 1250. The van der Waals surface area contributed by atoms with Crippen molar-refractivity contribution in [2.75, 3.05) is 0 Å². The van der Waals surface area contributed by atoms with Gasteiger partial charge in [0.05, 0.1) is 23.1 Å². The van der Waals surface area contributed by atoms with E-state index in [9.17, 15) is 0 Å². The Labute approximate surface area is 181 Å². The minimum atomic E-state index is -0.666. The van der Waals surface area contributed by atoms with Gasteiger partial charge in [0.15, 0.2) is 11.6 Å². The molecule has 0 saturated heterocycles. The van der Waals surface area contributed by atoms with Gasteiger partial charge in [-0.3, -0.25) is 0 Å². The standard InChI is InChI=1S/C22H12Cl2FN3O2/c23-16-8-13(12-26)9-17(11-16)29-21-18(24)7-6-15(20(21)25)10-19-27-28-22(30-19)14-4-2-1-3-5-14/h1-9,11H,10H2. The Kier molecular flexibility index (Phi) is 5.66. The van der Waals surface area contributed by atoms with Crippen molar-refractivity contribution in [2.45, 2.75) is 6.42 Å². The van der Waals surface area contributed by atoms with Gasteiger partial charge in [-0.25, -0.2) is 4.39 Å². The Morgan fingerprint density at radius 3 is 2.60 bits per heavy atom. The van der Waals surface area contributed by atoms with Crippen LogP contribution < -0.4 is 4.74 Å². The van der Waals surface area contributed by atoms with E-state index in [0.29, 0.717) is 5.89 Å². The van der Waals surface area contributed by atoms with Crippen molar-refractivity contribution >= 4 is 23.2 Å². The van der Waals surface area contributed by atoms with Crippen LogP contribution in [0.4, 0.5) is 4.39 Å². The van der Waals surface area contributed by atoms with Crippen molar-refractivity contribution < 1.29 is 13.5 Å². The highest BCUT2D eigenvalue weighted by molar-refractivity contribution is 6.32. The molecule has 4 rings (SSSR count). The normalized spacial score (nSPS) is 10.6. The van der Waals surface area contributed by atoms with Crippen LogP contribution in [0.3, 0.4) is 0 Å². The lowest BCUT2D eigenvalue weighted by molar-refractivity contribution is 0.437. The number of benzene rings is 3. The van der Waals surface area contributed by atoms with Gasteiger partial charge < -0.3 is 9.15 Å². The first kappa shape index (κ1) is 19.9. The van der Waals surface area contributed by atoms with Crippen molar-refractivity contribution in [1.29, 1.82) is 5.26 Å². The number of rotatable bonds is 5. The van der Waals surface area contributed by atoms with E-state index in [1.54, 1.807) is 0 Å². The largest absolute Gasteiger partial charge is 0.453 e. The fourth-order valence-corrected chi connectivity index (χ4v) is 3.20. The van der Waals surface area contributed by atoms with E-state index >= 15 is 4.39 Å². The van der Waals surface area contributed by atoms with Crippen LogP contribution in [-0.4, -0.2) is 10.2 Å².